The van der Waals surface area contributed by atoms with Crippen LogP contribution in [0, 0.1) is 118 Å². The minimum absolute atomic E-state index is 0.441. The lowest BCUT2D eigenvalue weighted by atomic mass is 9.89. The molecular formula is C144H154O2. The molecule has 0 unspecified atom stereocenters. The summed E-state index contributed by atoms with van der Waals surface area (Å²) in [6, 6.07) is 87.6. The number of ether oxygens (including phenoxy) is 2. The molecule has 0 N–H and O–H groups in total. The first-order valence-corrected chi connectivity index (χ1v) is 55.8. The maximum absolute atomic E-state index is 7.45. The Morgan fingerprint density at radius 1 is 0.123 bits per heavy atom. The molecule has 0 heterocycles. The van der Waals surface area contributed by atoms with Crippen LogP contribution in [0.25, 0.3) is 0 Å². The van der Waals surface area contributed by atoms with E-state index in [9.17, 15) is 0 Å². The third-order valence-corrected chi connectivity index (χ3v) is 27.0. The van der Waals surface area contributed by atoms with Crippen molar-refractivity contribution in [3.05, 3.63) is 410 Å². The molecule has 0 amide bonds. The van der Waals surface area contributed by atoms with Crippen LogP contribution in [0.3, 0.4) is 0 Å². The van der Waals surface area contributed by atoms with E-state index in [1.807, 2.05) is 0 Å². The van der Waals surface area contributed by atoms with Gasteiger partial charge in [-0.2, -0.15) is 0 Å². The van der Waals surface area contributed by atoms with Gasteiger partial charge in [-0.25, -0.2) is 0 Å². The highest BCUT2D eigenvalue weighted by Crippen LogP contribution is 2.38. The average molecular weight is 1920 g/mol. The molecule has 0 aliphatic heterocycles. The zero-order valence-corrected chi connectivity index (χ0v) is 89.6. The van der Waals surface area contributed by atoms with E-state index >= 15 is 0 Å². The molecule has 12 aromatic carbocycles. The van der Waals surface area contributed by atoms with Gasteiger partial charge in [0.05, 0.1) is 68.8 Å². The Morgan fingerprint density at radius 2 is 0.233 bits per heavy atom. The predicted octanol–water partition coefficient (Wildman–Crippen LogP) is 34.5. The minimum atomic E-state index is 0.441. The molecular weight excluding hydrogens is 1760 g/mol. The van der Waals surface area contributed by atoms with Gasteiger partial charge in [0.2, 0.25) is 0 Å². The van der Waals surface area contributed by atoms with Crippen molar-refractivity contribution in [2.45, 2.75) is 326 Å². The monoisotopic (exact) mass is 1920 g/mol. The van der Waals surface area contributed by atoms with Gasteiger partial charge < -0.3 is 9.47 Å². The van der Waals surface area contributed by atoms with Crippen molar-refractivity contribution in [1.82, 2.24) is 0 Å². The Kier molecular flexibility index (Phi) is 48.4. The molecule has 0 bridgehead atoms. The third kappa shape index (κ3) is 37.2. The van der Waals surface area contributed by atoms with Crippen LogP contribution in [0.5, 0.6) is 11.5 Å². The standard InChI is InChI=1S/C144H154O2/c1-11-21-41-113-51-71-123(72-52-113)91-101-133-135(103-93-125-75-55-115(56-76-125)43-23-13-3)139(107-97-129-83-63-119(64-84-129)47-27-17-7)143(140(108-98-130-85-65-120(66-86-130)48-28-18-8)136(133)104-94-126-77-57-116(58-78-126)44-24-14-4)145-111-39-37-35-33-31-32-34-36-38-40-112-146-144-141(109-99-131-87-67-121(68-88-131)49-29-19-9)137(105-95-127-79-59-117(60-80-127)45-25-15-5)134(102-92-124-73-53-114(54-74-124)42-22-12-2)138(106-96-128-81-61-118(62-82-128)46-26-16-6)142(144)110-100-132-89-69-122(70-90-132)50-30-20-10/h51-90H,11-50,111-112H2,1-10H3. The van der Waals surface area contributed by atoms with Crippen molar-refractivity contribution in [3.63, 3.8) is 0 Å². The second kappa shape index (κ2) is 63.9. The predicted molar refractivity (Wildman–Crippen MR) is 620 cm³/mol. The molecule has 12 rings (SSSR count). The van der Waals surface area contributed by atoms with Crippen LogP contribution in [-0.2, 0) is 64.2 Å². The van der Waals surface area contributed by atoms with Gasteiger partial charge in [0.1, 0.15) is 0 Å². The number of aryl methyl sites for hydroxylation is 10. The van der Waals surface area contributed by atoms with E-state index in [1.54, 1.807) is 0 Å². The van der Waals surface area contributed by atoms with Crippen LogP contribution in [0.15, 0.2) is 243 Å². The van der Waals surface area contributed by atoms with Gasteiger partial charge in [-0.15, -0.1) is 0 Å². The Morgan fingerprint density at radius 3 is 0.356 bits per heavy atom. The lowest BCUT2D eigenvalue weighted by Crippen LogP contribution is -2.08. The van der Waals surface area contributed by atoms with Crippen LogP contribution >= 0.6 is 0 Å². The molecule has 0 saturated heterocycles. The summed E-state index contributed by atoms with van der Waals surface area (Å²) < 4.78 is 14.9. The molecule has 0 radical (unpaired) electrons. The molecule has 0 spiro atoms. The third-order valence-electron chi connectivity index (χ3n) is 27.0. The first-order valence-electron chi connectivity index (χ1n) is 55.8. The highest BCUT2D eigenvalue weighted by atomic mass is 16.5. The SMILES string of the molecule is CCCCc1ccc(C#Cc2c(C#Cc3ccc(CCCC)cc3)c(C#Cc3ccc(CCCC)cc3)c(OCCCCCCCCCCCCOc3c(C#Cc4ccc(CCCC)cc4)c(C#Cc4ccc(CCCC)cc4)c(C#Cc4ccc(CCCC)cc4)c(C#Cc4ccc(CCCC)cc4)c3C#Cc3ccc(CCCC)cc3)c(C#Cc3ccc(CCCC)cc3)c2C#Cc2ccc(CCCC)cc2)cc1. The van der Waals surface area contributed by atoms with Crippen LogP contribution < -0.4 is 9.47 Å². The van der Waals surface area contributed by atoms with Gasteiger partial charge in [-0.3, -0.25) is 0 Å². The Labute approximate surface area is 882 Å². The van der Waals surface area contributed by atoms with Gasteiger partial charge in [0.25, 0.3) is 0 Å². The van der Waals surface area contributed by atoms with Crippen LogP contribution in [0.4, 0.5) is 0 Å². The van der Waals surface area contributed by atoms with E-state index in [4.69, 9.17) is 9.47 Å². The van der Waals surface area contributed by atoms with E-state index in [0.29, 0.717) is 80.3 Å². The van der Waals surface area contributed by atoms with Crippen LogP contribution in [0.2, 0.25) is 0 Å². The second-order valence-electron chi connectivity index (χ2n) is 39.1. The van der Waals surface area contributed by atoms with E-state index in [-0.39, 0.29) is 0 Å². The van der Waals surface area contributed by atoms with Gasteiger partial charge in [0.15, 0.2) is 11.5 Å². The van der Waals surface area contributed by atoms with Crippen LogP contribution in [0.1, 0.15) is 429 Å². The van der Waals surface area contributed by atoms with Gasteiger partial charge in [-0.1, -0.05) is 425 Å². The Balaban J connectivity index is 0.874. The highest BCUT2D eigenvalue weighted by Gasteiger charge is 2.26. The fourth-order valence-corrected chi connectivity index (χ4v) is 17.6. The van der Waals surface area contributed by atoms with Crippen molar-refractivity contribution < 1.29 is 9.47 Å². The zero-order chi connectivity index (χ0) is 102. The number of hydrogen-bond acceptors (Lipinski definition) is 2. The molecule has 0 saturated carbocycles. The Hall–Kier alpha value is -14.2. The lowest BCUT2D eigenvalue weighted by Gasteiger charge is -2.17. The first kappa shape index (κ1) is 111. The molecule has 12 aromatic rings. The summed E-state index contributed by atoms with van der Waals surface area (Å²) in [6.45, 7) is 23.4. The smallest absolute Gasteiger partial charge is 0.153 e. The topological polar surface area (TPSA) is 18.5 Å². The van der Waals surface area contributed by atoms with E-state index in [0.717, 1.165) is 312 Å². The van der Waals surface area contributed by atoms with Crippen molar-refractivity contribution in [1.29, 1.82) is 0 Å². The summed E-state index contributed by atoms with van der Waals surface area (Å²) in [5.74, 6) is 75.6. The number of rotatable bonds is 45. The molecule has 742 valence electrons. The summed E-state index contributed by atoms with van der Waals surface area (Å²) in [6.07, 6.45) is 43.2. The minimum Gasteiger partial charge on any atom is -0.491 e. The molecule has 0 aliphatic rings. The van der Waals surface area contributed by atoms with Gasteiger partial charge in [0, 0.05) is 55.6 Å². The molecule has 0 aliphatic carbocycles. The number of hydrogen-bond donors (Lipinski definition) is 0. The highest BCUT2D eigenvalue weighted by molar-refractivity contribution is 5.80. The normalized spacial score (nSPS) is 10.5. The summed E-state index contributed by atoms with van der Waals surface area (Å²) in [5, 5.41) is 0. The molecule has 2 heteroatoms. The largest absolute Gasteiger partial charge is 0.491 e. The Bertz CT molecular complexity index is 6040. The van der Waals surface area contributed by atoms with E-state index < -0.39 is 0 Å². The fraction of sp³-hybridized carbons (Fsp3) is 0.361. The molecule has 2 nitrogen and oxygen atoms in total. The van der Waals surface area contributed by atoms with Crippen molar-refractivity contribution >= 4 is 0 Å². The quantitative estimate of drug-likeness (QED) is 0.0280. The fourth-order valence-electron chi connectivity index (χ4n) is 17.6. The molecule has 0 atom stereocenters. The van der Waals surface area contributed by atoms with Crippen molar-refractivity contribution in [2.75, 3.05) is 13.2 Å². The zero-order valence-electron chi connectivity index (χ0n) is 89.6. The summed E-state index contributed by atoms with van der Waals surface area (Å²) in [5.41, 5.74) is 28.7. The molecule has 146 heavy (non-hydrogen) atoms. The lowest BCUT2D eigenvalue weighted by molar-refractivity contribution is 0.301. The average Bonchev–Trinajstić information content (AvgIpc) is 0.764. The summed E-state index contributed by atoms with van der Waals surface area (Å²) in [7, 11) is 0. The summed E-state index contributed by atoms with van der Waals surface area (Å²) >= 11 is 0. The maximum atomic E-state index is 7.45. The second-order valence-corrected chi connectivity index (χ2v) is 39.1. The first-order chi connectivity index (χ1) is 72.0. The van der Waals surface area contributed by atoms with Crippen molar-refractivity contribution in [2.24, 2.45) is 0 Å². The summed E-state index contributed by atoms with van der Waals surface area (Å²) in [4.78, 5) is 0. The number of unbranched alkanes of at least 4 members (excludes halogenated alkanes) is 19. The van der Waals surface area contributed by atoms with Crippen LogP contribution in [-0.4, -0.2) is 13.2 Å². The van der Waals surface area contributed by atoms with Gasteiger partial charge in [-0.05, 0) is 318 Å². The van der Waals surface area contributed by atoms with E-state index in [1.165, 1.54) is 55.6 Å². The number of benzene rings is 12. The maximum Gasteiger partial charge on any atom is 0.153 e. The van der Waals surface area contributed by atoms with E-state index in [2.05, 4.69) is 430 Å². The van der Waals surface area contributed by atoms with Crippen molar-refractivity contribution in [3.8, 4) is 130 Å². The molecule has 0 aromatic heterocycles. The van der Waals surface area contributed by atoms with Gasteiger partial charge >= 0.3 is 0 Å². The molecule has 0 fully saturated rings.